The predicted molar refractivity (Wildman–Crippen MR) is 105 cm³/mol. The van der Waals surface area contributed by atoms with Gasteiger partial charge in [-0.1, -0.05) is 36.4 Å². The summed E-state index contributed by atoms with van der Waals surface area (Å²) in [6, 6.07) is 16.4. The molecule has 0 saturated carbocycles. The normalized spacial score (nSPS) is 12.1. The van der Waals surface area contributed by atoms with Crippen LogP contribution in [-0.4, -0.2) is 20.3 Å². The summed E-state index contributed by atoms with van der Waals surface area (Å²) in [7, 11) is 0. The molecule has 0 aliphatic rings. The molecule has 7 heteroatoms. The minimum Gasteiger partial charge on any atom is -0.360 e. The van der Waals surface area contributed by atoms with Crippen LogP contribution >= 0.6 is 0 Å². The Morgan fingerprint density at radius 2 is 1.56 bits per heavy atom. The molecule has 0 unspecified atom stereocenters. The molecule has 0 aliphatic heterocycles. The quantitative estimate of drug-likeness (QED) is 0.540. The fourth-order valence-electron chi connectivity index (χ4n) is 2.81. The summed E-state index contributed by atoms with van der Waals surface area (Å²) in [6.45, 7) is 6.23. The van der Waals surface area contributed by atoms with Crippen molar-refractivity contribution in [2.75, 3.05) is 10.6 Å². The van der Waals surface area contributed by atoms with Gasteiger partial charge < -0.3 is 10.6 Å². The molecule has 0 saturated heterocycles. The number of nitrogens with zero attached hydrogens (tertiary/aromatic N) is 4. The number of nitrogens with one attached hydrogen (secondary N) is 2. The van der Waals surface area contributed by atoms with Crippen molar-refractivity contribution >= 4 is 28.6 Å². The summed E-state index contributed by atoms with van der Waals surface area (Å²) in [4.78, 5) is 9.06. The molecule has 1 atom stereocenters. The van der Waals surface area contributed by atoms with E-state index in [2.05, 4.69) is 76.0 Å². The largest absolute Gasteiger partial charge is 0.360 e. The Hall–Kier alpha value is -3.48. The lowest BCUT2D eigenvalue weighted by molar-refractivity contribution is 0.314. The molecule has 4 aromatic rings. The van der Waals surface area contributed by atoms with E-state index in [0.717, 1.165) is 11.3 Å². The van der Waals surface area contributed by atoms with Crippen LogP contribution in [0.5, 0.6) is 0 Å². The number of benzene rings is 2. The molecule has 2 aromatic heterocycles. The SMILES string of the molecule is Cc1ccc(Nc2nc3nonc3nc2N[C@@H](C)c2ccccc2)cc1C. The first kappa shape index (κ1) is 17.0. The number of hydrogen-bond donors (Lipinski definition) is 2. The lowest BCUT2D eigenvalue weighted by atomic mass is 10.1. The van der Waals surface area contributed by atoms with Gasteiger partial charge in [-0.2, -0.15) is 0 Å². The van der Waals surface area contributed by atoms with Crippen LogP contribution in [0, 0.1) is 13.8 Å². The van der Waals surface area contributed by atoms with E-state index in [1.54, 1.807) is 0 Å². The first-order valence-electron chi connectivity index (χ1n) is 8.76. The summed E-state index contributed by atoms with van der Waals surface area (Å²) >= 11 is 0. The van der Waals surface area contributed by atoms with Gasteiger partial charge >= 0.3 is 0 Å². The topological polar surface area (TPSA) is 88.8 Å². The fourth-order valence-corrected chi connectivity index (χ4v) is 2.81. The van der Waals surface area contributed by atoms with Gasteiger partial charge in [0.1, 0.15) is 0 Å². The Bertz CT molecular complexity index is 1080. The molecule has 0 amide bonds. The van der Waals surface area contributed by atoms with Gasteiger partial charge in [-0.05, 0) is 59.9 Å². The third-order valence-electron chi connectivity index (χ3n) is 4.54. The third-order valence-corrected chi connectivity index (χ3v) is 4.54. The maximum atomic E-state index is 4.77. The predicted octanol–water partition coefficient (Wildman–Crippen LogP) is 4.55. The smallest absolute Gasteiger partial charge is 0.245 e. The summed E-state index contributed by atoms with van der Waals surface area (Å²) in [5.41, 5.74) is 5.24. The van der Waals surface area contributed by atoms with E-state index in [4.69, 9.17) is 4.63 Å². The van der Waals surface area contributed by atoms with Crippen molar-refractivity contribution in [2.24, 2.45) is 0 Å². The van der Waals surface area contributed by atoms with Gasteiger partial charge in [0.2, 0.25) is 11.3 Å². The monoisotopic (exact) mass is 360 g/mol. The van der Waals surface area contributed by atoms with Gasteiger partial charge in [-0.3, -0.25) is 0 Å². The zero-order valence-corrected chi connectivity index (χ0v) is 15.4. The van der Waals surface area contributed by atoms with E-state index in [0.29, 0.717) is 22.9 Å². The van der Waals surface area contributed by atoms with E-state index < -0.39 is 0 Å². The number of aryl methyl sites for hydroxylation is 2. The van der Waals surface area contributed by atoms with Crippen molar-refractivity contribution in [1.29, 1.82) is 0 Å². The van der Waals surface area contributed by atoms with Crippen molar-refractivity contribution in [2.45, 2.75) is 26.8 Å². The standard InChI is InChI=1S/C20H20N6O/c1-12-9-10-16(11-13(12)2)22-18-17(23-19-20(24-18)26-27-25-19)21-14(3)15-7-5-4-6-8-15/h4-11,14H,1-3H3,(H,21,23,25)(H,22,24,26)/t14-/m0/s1. The highest BCUT2D eigenvalue weighted by atomic mass is 16.6. The van der Waals surface area contributed by atoms with Crippen LogP contribution in [0.15, 0.2) is 53.2 Å². The zero-order valence-electron chi connectivity index (χ0n) is 15.4. The highest BCUT2D eigenvalue weighted by molar-refractivity contribution is 5.76. The lowest BCUT2D eigenvalue weighted by Crippen LogP contribution is -2.11. The van der Waals surface area contributed by atoms with Crippen LogP contribution in [0.4, 0.5) is 17.3 Å². The second-order valence-electron chi connectivity index (χ2n) is 6.53. The Labute approximate surface area is 156 Å². The number of fused-ring (bicyclic) bond motifs is 1. The molecule has 136 valence electrons. The molecular formula is C20H20N6O. The van der Waals surface area contributed by atoms with Crippen molar-refractivity contribution in [1.82, 2.24) is 20.3 Å². The van der Waals surface area contributed by atoms with E-state index in [9.17, 15) is 0 Å². The minimum absolute atomic E-state index is 0.0399. The molecule has 0 radical (unpaired) electrons. The van der Waals surface area contributed by atoms with E-state index in [-0.39, 0.29) is 6.04 Å². The summed E-state index contributed by atoms with van der Waals surface area (Å²) in [5.74, 6) is 1.16. The molecule has 2 aromatic carbocycles. The van der Waals surface area contributed by atoms with E-state index in [1.165, 1.54) is 11.1 Å². The van der Waals surface area contributed by atoms with Crippen LogP contribution in [0.25, 0.3) is 11.3 Å². The second kappa shape index (κ2) is 7.03. The molecule has 7 nitrogen and oxygen atoms in total. The van der Waals surface area contributed by atoms with Gasteiger partial charge in [0.25, 0.3) is 0 Å². The molecule has 0 aliphatic carbocycles. The molecule has 2 heterocycles. The van der Waals surface area contributed by atoms with Gasteiger partial charge in [0, 0.05) is 5.69 Å². The van der Waals surface area contributed by atoms with E-state index >= 15 is 0 Å². The average molecular weight is 360 g/mol. The Kier molecular flexibility index (Phi) is 4.42. The zero-order chi connectivity index (χ0) is 18.8. The lowest BCUT2D eigenvalue weighted by Gasteiger charge is -2.17. The minimum atomic E-state index is 0.0399. The van der Waals surface area contributed by atoms with Crippen LogP contribution in [-0.2, 0) is 0 Å². The van der Waals surface area contributed by atoms with Crippen molar-refractivity contribution in [3.63, 3.8) is 0 Å². The highest BCUT2D eigenvalue weighted by Gasteiger charge is 2.16. The molecule has 2 N–H and O–H groups in total. The second-order valence-corrected chi connectivity index (χ2v) is 6.53. The van der Waals surface area contributed by atoms with Crippen LogP contribution < -0.4 is 10.6 Å². The number of anilines is 3. The molecule has 4 rings (SSSR count). The maximum absolute atomic E-state index is 4.77. The average Bonchev–Trinajstić information content (AvgIpc) is 3.13. The number of hydrogen-bond acceptors (Lipinski definition) is 7. The van der Waals surface area contributed by atoms with Crippen molar-refractivity contribution in [3.05, 3.63) is 65.2 Å². The Morgan fingerprint density at radius 1 is 0.852 bits per heavy atom. The third kappa shape index (κ3) is 3.57. The van der Waals surface area contributed by atoms with E-state index in [1.807, 2.05) is 24.3 Å². The Morgan fingerprint density at radius 3 is 2.26 bits per heavy atom. The molecule has 0 bridgehead atoms. The Balaban J connectivity index is 1.69. The van der Waals surface area contributed by atoms with Crippen molar-refractivity contribution in [3.8, 4) is 0 Å². The summed E-state index contributed by atoms with van der Waals surface area (Å²) in [6.07, 6.45) is 0. The maximum Gasteiger partial charge on any atom is 0.245 e. The highest BCUT2D eigenvalue weighted by Crippen LogP contribution is 2.28. The molecule has 0 fully saturated rings. The fraction of sp³-hybridized carbons (Fsp3) is 0.200. The molecular weight excluding hydrogens is 340 g/mol. The van der Waals surface area contributed by atoms with Crippen LogP contribution in [0.2, 0.25) is 0 Å². The van der Waals surface area contributed by atoms with Gasteiger partial charge in [0.05, 0.1) is 6.04 Å². The van der Waals surface area contributed by atoms with Crippen molar-refractivity contribution < 1.29 is 4.63 Å². The number of rotatable bonds is 5. The van der Waals surface area contributed by atoms with Crippen LogP contribution in [0.3, 0.4) is 0 Å². The van der Waals surface area contributed by atoms with Gasteiger partial charge in [-0.15, -0.1) is 0 Å². The molecule has 0 spiro atoms. The first-order chi connectivity index (χ1) is 13.1. The first-order valence-corrected chi connectivity index (χ1v) is 8.76. The van der Waals surface area contributed by atoms with Gasteiger partial charge in [0.15, 0.2) is 11.6 Å². The number of aromatic nitrogens is 4. The molecule has 27 heavy (non-hydrogen) atoms. The van der Waals surface area contributed by atoms with Gasteiger partial charge in [-0.25, -0.2) is 14.6 Å². The summed E-state index contributed by atoms with van der Waals surface area (Å²) < 4.78 is 4.77. The summed E-state index contributed by atoms with van der Waals surface area (Å²) in [5, 5.41) is 14.4. The van der Waals surface area contributed by atoms with Crippen LogP contribution in [0.1, 0.15) is 29.7 Å².